The molecule has 0 saturated carbocycles. The van der Waals surface area contributed by atoms with Gasteiger partial charge in [0.05, 0.1) is 7.71 Å². The number of rotatable bonds is 2. The maximum atomic E-state index is 3.75. The van der Waals surface area contributed by atoms with Crippen molar-refractivity contribution in [2.75, 3.05) is 0 Å². The first-order chi connectivity index (χ1) is 7.08. The molecule has 0 nitrogen and oxygen atoms in total. The molecule has 0 saturated heterocycles. The van der Waals surface area contributed by atoms with Crippen LogP contribution in [0, 0.1) is 9.81 Å². The highest BCUT2D eigenvalue weighted by Gasteiger charge is 2.15. The molecule has 0 amide bonds. The standard InChI is InChI=1S/C10H7Br2IS2/c1-5-7(11)3-8(15-5)10(12)6-2-9(13)14-4-6/h2-4,10H,1H3. The minimum atomic E-state index is 0.326. The van der Waals surface area contributed by atoms with Gasteiger partial charge >= 0.3 is 0 Å². The van der Waals surface area contributed by atoms with Crippen molar-refractivity contribution in [2.24, 2.45) is 0 Å². The minimum absolute atomic E-state index is 0.326. The van der Waals surface area contributed by atoms with Crippen molar-refractivity contribution < 1.29 is 0 Å². The summed E-state index contributed by atoms with van der Waals surface area (Å²) in [5.74, 6) is 0. The Morgan fingerprint density at radius 1 is 1.40 bits per heavy atom. The Kier molecular flexibility index (Phi) is 4.32. The lowest BCUT2D eigenvalue weighted by Gasteiger charge is -2.03. The predicted octanol–water partition coefficient (Wildman–Crippen LogP) is 5.97. The fraction of sp³-hybridized carbons (Fsp3) is 0.200. The summed E-state index contributed by atoms with van der Waals surface area (Å²) in [5, 5.41) is 2.21. The lowest BCUT2D eigenvalue weighted by atomic mass is 10.2. The van der Waals surface area contributed by atoms with Gasteiger partial charge in [-0.15, -0.1) is 22.7 Å². The Bertz CT molecular complexity index is 456. The van der Waals surface area contributed by atoms with E-state index in [9.17, 15) is 0 Å². The van der Waals surface area contributed by atoms with E-state index in [1.165, 1.54) is 22.7 Å². The van der Waals surface area contributed by atoms with Crippen LogP contribution in [0.4, 0.5) is 0 Å². The van der Waals surface area contributed by atoms with E-state index in [-0.39, 0.29) is 0 Å². The molecule has 0 radical (unpaired) electrons. The summed E-state index contributed by atoms with van der Waals surface area (Å²) in [5.41, 5.74) is 1.35. The third kappa shape index (κ3) is 2.86. The fourth-order valence-corrected chi connectivity index (χ4v) is 5.04. The molecule has 0 spiro atoms. The first-order valence-electron chi connectivity index (χ1n) is 4.21. The van der Waals surface area contributed by atoms with Gasteiger partial charge < -0.3 is 0 Å². The van der Waals surface area contributed by atoms with E-state index >= 15 is 0 Å². The van der Waals surface area contributed by atoms with Gasteiger partial charge in [0.2, 0.25) is 0 Å². The molecule has 2 rings (SSSR count). The van der Waals surface area contributed by atoms with Crippen molar-refractivity contribution in [1.82, 2.24) is 0 Å². The first kappa shape index (κ1) is 12.5. The van der Waals surface area contributed by atoms with Crippen LogP contribution in [0.2, 0.25) is 0 Å². The van der Waals surface area contributed by atoms with E-state index < -0.39 is 0 Å². The van der Waals surface area contributed by atoms with Crippen LogP contribution in [-0.4, -0.2) is 0 Å². The summed E-state index contributed by atoms with van der Waals surface area (Å²) in [6, 6.07) is 4.43. The first-order valence-corrected chi connectivity index (χ1v) is 8.70. The normalized spacial score (nSPS) is 13.1. The van der Waals surface area contributed by atoms with Crippen LogP contribution in [0.5, 0.6) is 0 Å². The second-order valence-corrected chi connectivity index (χ2v) is 8.96. The summed E-state index contributed by atoms with van der Waals surface area (Å²) < 4.78 is 2.54. The molecule has 0 aromatic carbocycles. The molecule has 15 heavy (non-hydrogen) atoms. The molecule has 0 fully saturated rings. The van der Waals surface area contributed by atoms with Gasteiger partial charge in [0, 0.05) is 14.2 Å². The third-order valence-corrected chi connectivity index (χ3v) is 7.34. The minimum Gasteiger partial charge on any atom is -0.143 e. The van der Waals surface area contributed by atoms with Crippen molar-refractivity contribution in [3.8, 4) is 0 Å². The number of aryl methyl sites for hydroxylation is 1. The molecule has 1 unspecified atom stereocenters. The van der Waals surface area contributed by atoms with Gasteiger partial charge in [0.15, 0.2) is 0 Å². The smallest absolute Gasteiger partial charge is 0.0746 e. The Balaban J connectivity index is 2.31. The molecule has 0 bridgehead atoms. The van der Waals surface area contributed by atoms with E-state index in [1.807, 2.05) is 11.3 Å². The van der Waals surface area contributed by atoms with Gasteiger partial charge in [0.1, 0.15) is 0 Å². The van der Waals surface area contributed by atoms with E-state index in [4.69, 9.17) is 0 Å². The molecule has 1 atom stereocenters. The average Bonchev–Trinajstić information content (AvgIpc) is 2.74. The van der Waals surface area contributed by atoms with Gasteiger partial charge in [-0.2, -0.15) is 0 Å². The second kappa shape index (κ2) is 5.16. The molecule has 0 N–H and O–H groups in total. The monoisotopic (exact) mass is 476 g/mol. The SMILES string of the molecule is Cc1sc(C(Br)c2csc(I)c2)cc1Br. The average molecular weight is 478 g/mol. The molecular formula is C10H7Br2IS2. The fourth-order valence-electron chi connectivity index (χ4n) is 1.23. The van der Waals surface area contributed by atoms with Crippen molar-refractivity contribution in [1.29, 1.82) is 0 Å². The van der Waals surface area contributed by atoms with Gasteiger partial charge in [-0.05, 0) is 68.5 Å². The summed E-state index contributed by atoms with van der Waals surface area (Å²) in [6.45, 7) is 2.13. The topological polar surface area (TPSA) is 0 Å². The van der Waals surface area contributed by atoms with Gasteiger partial charge in [-0.3, -0.25) is 0 Å². The largest absolute Gasteiger partial charge is 0.143 e. The van der Waals surface area contributed by atoms with Crippen LogP contribution >= 0.6 is 77.1 Å². The highest BCUT2D eigenvalue weighted by Crippen LogP contribution is 2.40. The van der Waals surface area contributed by atoms with Crippen LogP contribution < -0.4 is 0 Å². The number of alkyl halides is 1. The summed E-state index contributed by atoms with van der Waals surface area (Å²) in [4.78, 5) is 3.01. The molecule has 2 aromatic heterocycles. The number of hydrogen-bond acceptors (Lipinski definition) is 2. The molecule has 0 aliphatic heterocycles. The lowest BCUT2D eigenvalue weighted by Crippen LogP contribution is -1.85. The molecular weight excluding hydrogens is 471 g/mol. The van der Waals surface area contributed by atoms with Crippen molar-refractivity contribution >= 4 is 77.1 Å². The number of hydrogen-bond donors (Lipinski definition) is 0. The quantitative estimate of drug-likeness (QED) is 0.369. The van der Waals surface area contributed by atoms with Gasteiger partial charge in [-0.1, -0.05) is 15.9 Å². The lowest BCUT2D eigenvalue weighted by molar-refractivity contribution is 1.24. The summed E-state index contributed by atoms with van der Waals surface area (Å²) >= 11 is 13.3. The summed E-state index contributed by atoms with van der Waals surface area (Å²) in [7, 11) is 0. The van der Waals surface area contributed by atoms with Gasteiger partial charge in [-0.25, -0.2) is 0 Å². The van der Waals surface area contributed by atoms with E-state index in [0.29, 0.717) is 4.83 Å². The van der Waals surface area contributed by atoms with Crippen molar-refractivity contribution in [2.45, 2.75) is 11.8 Å². The van der Waals surface area contributed by atoms with E-state index in [2.05, 4.69) is 78.9 Å². The van der Waals surface area contributed by atoms with Crippen molar-refractivity contribution in [3.05, 3.63) is 40.2 Å². The number of thiophene rings is 2. The highest BCUT2D eigenvalue weighted by atomic mass is 127. The van der Waals surface area contributed by atoms with Crippen LogP contribution in [0.25, 0.3) is 0 Å². The molecule has 80 valence electrons. The molecule has 0 aliphatic rings. The van der Waals surface area contributed by atoms with Crippen LogP contribution in [0.15, 0.2) is 22.0 Å². The molecule has 2 aromatic rings. The highest BCUT2D eigenvalue weighted by molar-refractivity contribution is 14.1. The van der Waals surface area contributed by atoms with Gasteiger partial charge in [0.25, 0.3) is 0 Å². The van der Waals surface area contributed by atoms with Crippen LogP contribution in [0.3, 0.4) is 0 Å². The Labute approximate surface area is 127 Å². The predicted molar refractivity (Wildman–Crippen MR) is 84.6 cm³/mol. The Hall–Kier alpha value is 1.09. The van der Waals surface area contributed by atoms with E-state index in [0.717, 1.165) is 0 Å². The third-order valence-electron chi connectivity index (χ3n) is 2.01. The molecule has 0 aliphatic carbocycles. The number of halogens is 3. The van der Waals surface area contributed by atoms with Crippen LogP contribution in [0.1, 0.15) is 20.1 Å². The maximum absolute atomic E-state index is 3.75. The summed E-state index contributed by atoms with van der Waals surface area (Å²) in [6.07, 6.45) is 0. The molecule has 5 heteroatoms. The van der Waals surface area contributed by atoms with Crippen molar-refractivity contribution in [3.63, 3.8) is 0 Å². The Morgan fingerprint density at radius 3 is 2.60 bits per heavy atom. The Morgan fingerprint density at radius 2 is 2.13 bits per heavy atom. The van der Waals surface area contributed by atoms with Crippen LogP contribution in [-0.2, 0) is 0 Å². The zero-order valence-corrected chi connectivity index (χ0v) is 14.7. The second-order valence-electron chi connectivity index (χ2n) is 3.10. The zero-order valence-electron chi connectivity index (χ0n) is 7.76. The zero-order chi connectivity index (χ0) is 11.0. The maximum Gasteiger partial charge on any atom is 0.0746 e. The molecule has 2 heterocycles. The van der Waals surface area contributed by atoms with E-state index in [1.54, 1.807) is 11.3 Å².